The van der Waals surface area contributed by atoms with E-state index in [-0.39, 0.29) is 30.9 Å². The number of nitrogens with zero attached hydrogens (tertiary/aromatic N) is 3. The van der Waals surface area contributed by atoms with E-state index in [9.17, 15) is 9.59 Å². The molecular formula is C23H27N3O4. The number of fused-ring (bicyclic) bond motifs is 1. The Morgan fingerprint density at radius 3 is 2.40 bits per heavy atom. The lowest BCUT2D eigenvalue weighted by atomic mass is 10.0. The minimum Gasteiger partial charge on any atom is -0.489 e. The standard InChI is InChI=1S/C23H27N3O4/c1-24(15-22(27)25-11-13-29-14-12-25)16-23(28)26-19-9-5-6-10-21(19)30-17-20(26)18-7-3-2-4-8-18/h2-10,20H,11-17H2,1H3/t20-/m1/s1. The van der Waals surface area contributed by atoms with Crippen LogP contribution in [0.15, 0.2) is 54.6 Å². The van der Waals surface area contributed by atoms with Gasteiger partial charge in [0.1, 0.15) is 12.4 Å². The van der Waals surface area contributed by atoms with Crippen molar-refractivity contribution in [3.63, 3.8) is 0 Å². The van der Waals surface area contributed by atoms with Crippen LogP contribution in [0.5, 0.6) is 5.75 Å². The number of rotatable bonds is 5. The third-order valence-electron chi connectivity index (χ3n) is 5.46. The van der Waals surface area contributed by atoms with Crippen molar-refractivity contribution in [1.29, 1.82) is 0 Å². The van der Waals surface area contributed by atoms with E-state index < -0.39 is 0 Å². The van der Waals surface area contributed by atoms with E-state index in [1.54, 1.807) is 16.8 Å². The van der Waals surface area contributed by atoms with Crippen LogP contribution in [0.25, 0.3) is 0 Å². The molecule has 0 radical (unpaired) electrons. The van der Waals surface area contributed by atoms with Crippen LogP contribution in [-0.4, -0.2) is 74.7 Å². The van der Waals surface area contributed by atoms with E-state index in [4.69, 9.17) is 9.47 Å². The van der Waals surface area contributed by atoms with Gasteiger partial charge in [-0.1, -0.05) is 42.5 Å². The summed E-state index contributed by atoms with van der Waals surface area (Å²) in [5.74, 6) is 0.664. The van der Waals surface area contributed by atoms with Crippen molar-refractivity contribution in [2.75, 3.05) is 57.9 Å². The van der Waals surface area contributed by atoms with Gasteiger partial charge in [0.15, 0.2) is 0 Å². The summed E-state index contributed by atoms with van der Waals surface area (Å²) in [4.78, 5) is 31.3. The summed E-state index contributed by atoms with van der Waals surface area (Å²) < 4.78 is 11.2. The van der Waals surface area contributed by atoms with E-state index in [1.165, 1.54) is 0 Å². The van der Waals surface area contributed by atoms with Crippen LogP contribution in [0, 0.1) is 0 Å². The van der Waals surface area contributed by atoms with E-state index in [1.807, 2.05) is 59.5 Å². The molecule has 2 amide bonds. The summed E-state index contributed by atoms with van der Waals surface area (Å²) >= 11 is 0. The molecule has 0 spiro atoms. The topological polar surface area (TPSA) is 62.3 Å². The first-order valence-corrected chi connectivity index (χ1v) is 10.3. The Morgan fingerprint density at radius 2 is 1.63 bits per heavy atom. The molecule has 0 saturated carbocycles. The highest BCUT2D eigenvalue weighted by molar-refractivity contribution is 5.97. The average molecular weight is 409 g/mol. The second-order valence-electron chi connectivity index (χ2n) is 7.63. The zero-order chi connectivity index (χ0) is 20.9. The molecule has 0 N–H and O–H groups in total. The number of para-hydroxylation sites is 2. The fraction of sp³-hybridized carbons (Fsp3) is 0.391. The predicted molar refractivity (Wildman–Crippen MR) is 114 cm³/mol. The van der Waals surface area contributed by atoms with Crippen LogP contribution >= 0.6 is 0 Å². The van der Waals surface area contributed by atoms with Crippen LogP contribution < -0.4 is 9.64 Å². The number of carbonyl (C=O) groups excluding carboxylic acids is 2. The predicted octanol–water partition coefficient (Wildman–Crippen LogP) is 1.94. The quantitative estimate of drug-likeness (QED) is 0.755. The minimum absolute atomic E-state index is 0.0237. The van der Waals surface area contributed by atoms with Gasteiger partial charge in [-0.05, 0) is 24.7 Å². The molecule has 1 atom stereocenters. The maximum absolute atomic E-state index is 13.4. The lowest BCUT2D eigenvalue weighted by Gasteiger charge is -2.38. The number of anilines is 1. The maximum Gasteiger partial charge on any atom is 0.241 e. The van der Waals surface area contributed by atoms with Crippen LogP contribution in [0.3, 0.4) is 0 Å². The molecule has 0 aromatic heterocycles. The van der Waals surface area contributed by atoms with E-state index in [0.717, 1.165) is 11.3 Å². The summed E-state index contributed by atoms with van der Waals surface area (Å²) in [6.07, 6.45) is 0. The van der Waals surface area contributed by atoms with Gasteiger partial charge in [0.2, 0.25) is 11.8 Å². The summed E-state index contributed by atoms with van der Waals surface area (Å²) in [6, 6.07) is 17.3. The highest BCUT2D eigenvalue weighted by Crippen LogP contribution is 2.39. The summed E-state index contributed by atoms with van der Waals surface area (Å²) in [5, 5.41) is 0. The molecular weight excluding hydrogens is 382 g/mol. The second kappa shape index (κ2) is 9.28. The van der Waals surface area contributed by atoms with Crippen molar-refractivity contribution < 1.29 is 19.1 Å². The fourth-order valence-corrected chi connectivity index (χ4v) is 3.92. The summed E-state index contributed by atoms with van der Waals surface area (Å²) in [6.45, 7) is 3.08. The first-order chi connectivity index (χ1) is 14.6. The third kappa shape index (κ3) is 4.47. The molecule has 0 aliphatic carbocycles. The molecule has 2 aliphatic heterocycles. The lowest BCUT2D eigenvalue weighted by molar-refractivity contribution is -0.136. The number of amides is 2. The smallest absolute Gasteiger partial charge is 0.241 e. The van der Waals surface area contributed by atoms with Gasteiger partial charge in [-0.15, -0.1) is 0 Å². The van der Waals surface area contributed by atoms with Crippen molar-refractivity contribution in [2.45, 2.75) is 6.04 Å². The zero-order valence-corrected chi connectivity index (χ0v) is 17.2. The third-order valence-corrected chi connectivity index (χ3v) is 5.46. The van der Waals surface area contributed by atoms with Gasteiger partial charge in [-0.2, -0.15) is 0 Å². The Hall–Kier alpha value is -2.90. The second-order valence-corrected chi connectivity index (χ2v) is 7.63. The van der Waals surface area contributed by atoms with Crippen molar-refractivity contribution in [3.05, 3.63) is 60.2 Å². The average Bonchev–Trinajstić information content (AvgIpc) is 2.79. The zero-order valence-electron chi connectivity index (χ0n) is 17.2. The molecule has 2 heterocycles. The molecule has 2 aromatic rings. The summed E-state index contributed by atoms with van der Waals surface area (Å²) in [5.41, 5.74) is 1.78. The molecule has 158 valence electrons. The number of ether oxygens (including phenoxy) is 2. The minimum atomic E-state index is -0.211. The molecule has 1 saturated heterocycles. The molecule has 7 nitrogen and oxygen atoms in total. The normalized spacial score (nSPS) is 18.7. The van der Waals surface area contributed by atoms with Gasteiger partial charge < -0.3 is 14.4 Å². The van der Waals surface area contributed by atoms with Gasteiger partial charge in [0.25, 0.3) is 0 Å². The summed E-state index contributed by atoms with van der Waals surface area (Å²) in [7, 11) is 1.81. The highest BCUT2D eigenvalue weighted by Gasteiger charge is 2.33. The van der Waals surface area contributed by atoms with Gasteiger partial charge >= 0.3 is 0 Å². The molecule has 2 aliphatic rings. The van der Waals surface area contributed by atoms with E-state index in [2.05, 4.69) is 0 Å². The van der Waals surface area contributed by atoms with E-state index >= 15 is 0 Å². The van der Waals surface area contributed by atoms with Gasteiger partial charge in [-0.3, -0.25) is 19.4 Å². The molecule has 4 rings (SSSR count). The van der Waals surface area contributed by atoms with Gasteiger partial charge in [-0.25, -0.2) is 0 Å². The van der Waals surface area contributed by atoms with Gasteiger partial charge in [0, 0.05) is 13.1 Å². The van der Waals surface area contributed by atoms with Crippen LogP contribution in [0.4, 0.5) is 5.69 Å². The van der Waals surface area contributed by atoms with Crippen LogP contribution in [0.1, 0.15) is 11.6 Å². The Kier molecular flexibility index (Phi) is 6.30. The lowest BCUT2D eigenvalue weighted by Crippen LogP contribution is -2.48. The maximum atomic E-state index is 13.4. The first kappa shape index (κ1) is 20.4. The largest absolute Gasteiger partial charge is 0.489 e. The van der Waals surface area contributed by atoms with E-state index in [0.29, 0.717) is 38.7 Å². The van der Waals surface area contributed by atoms with Crippen molar-refractivity contribution >= 4 is 17.5 Å². The Morgan fingerprint density at radius 1 is 0.967 bits per heavy atom. The molecule has 7 heteroatoms. The molecule has 30 heavy (non-hydrogen) atoms. The number of likely N-dealkylation sites (N-methyl/N-ethyl adjacent to an activating group) is 1. The monoisotopic (exact) mass is 409 g/mol. The number of carbonyl (C=O) groups is 2. The Balaban J connectivity index is 1.50. The number of hydrogen-bond acceptors (Lipinski definition) is 5. The Labute approximate surface area is 176 Å². The van der Waals surface area contributed by atoms with Crippen molar-refractivity contribution in [1.82, 2.24) is 9.80 Å². The Bertz CT molecular complexity index is 883. The molecule has 0 bridgehead atoms. The number of benzene rings is 2. The van der Waals surface area contributed by atoms with Crippen molar-refractivity contribution in [2.24, 2.45) is 0 Å². The highest BCUT2D eigenvalue weighted by atomic mass is 16.5. The van der Waals surface area contributed by atoms with Crippen LogP contribution in [0.2, 0.25) is 0 Å². The van der Waals surface area contributed by atoms with Gasteiger partial charge in [0.05, 0.1) is 38.0 Å². The molecule has 2 aromatic carbocycles. The van der Waals surface area contributed by atoms with Crippen LogP contribution in [-0.2, 0) is 14.3 Å². The van der Waals surface area contributed by atoms with Crippen molar-refractivity contribution in [3.8, 4) is 5.75 Å². The number of hydrogen-bond donors (Lipinski definition) is 0. The molecule has 0 unspecified atom stereocenters. The fourth-order valence-electron chi connectivity index (χ4n) is 3.92. The number of morpholine rings is 1. The first-order valence-electron chi connectivity index (χ1n) is 10.3. The SMILES string of the molecule is CN(CC(=O)N1CCOCC1)CC(=O)N1c2ccccc2OC[C@@H]1c1ccccc1. The molecule has 1 fully saturated rings.